The summed E-state index contributed by atoms with van der Waals surface area (Å²) in [6, 6.07) is 6.03. The zero-order valence-corrected chi connectivity index (χ0v) is 14.6. The Balaban J connectivity index is 2.80. The Bertz CT molecular complexity index is 443. The fourth-order valence-electron chi connectivity index (χ4n) is 2.39. The van der Waals surface area contributed by atoms with Gasteiger partial charge < -0.3 is 9.47 Å². The van der Waals surface area contributed by atoms with E-state index in [0.717, 1.165) is 25.7 Å². The molecule has 0 bridgehead atoms. The molecule has 1 aromatic rings. The highest BCUT2D eigenvalue weighted by Crippen LogP contribution is 2.16. The van der Waals surface area contributed by atoms with E-state index in [2.05, 4.69) is 33.8 Å². The number of ether oxygens (including phenoxy) is 2. The van der Waals surface area contributed by atoms with E-state index in [1.54, 1.807) is 7.11 Å². The first-order chi connectivity index (χ1) is 10.5. The van der Waals surface area contributed by atoms with Gasteiger partial charge in [0, 0.05) is 7.11 Å². The first-order valence-corrected chi connectivity index (χ1v) is 8.32. The first kappa shape index (κ1) is 18.7. The summed E-state index contributed by atoms with van der Waals surface area (Å²) in [6.45, 7) is 8.99. The van der Waals surface area contributed by atoms with Crippen molar-refractivity contribution in [2.24, 2.45) is 5.92 Å². The predicted octanol–water partition coefficient (Wildman–Crippen LogP) is 4.42. The lowest BCUT2D eigenvalue weighted by Gasteiger charge is -2.18. The van der Waals surface area contributed by atoms with Crippen LogP contribution in [0, 0.1) is 5.92 Å². The SMILES string of the molecule is CCc1cc(CC)cc(C(=O)OC(CCC(C)C)COC)c1. The van der Waals surface area contributed by atoms with Crippen molar-refractivity contribution >= 4 is 5.97 Å². The summed E-state index contributed by atoms with van der Waals surface area (Å²) in [5.74, 6) is 0.351. The van der Waals surface area contributed by atoms with Gasteiger partial charge in [-0.1, -0.05) is 33.8 Å². The van der Waals surface area contributed by atoms with Crippen LogP contribution in [-0.4, -0.2) is 25.8 Å². The Morgan fingerprint density at radius 1 is 1.05 bits per heavy atom. The van der Waals surface area contributed by atoms with Gasteiger partial charge in [-0.25, -0.2) is 4.79 Å². The minimum Gasteiger partial charge on any atom is -0.456 e. The van der Waals surface area contributed by atoms with Crippen molar-refractivity contribution in [2.45, 2.75) is 59.5 Å². The lowest BCUT2D eigenvalue weighted by atomic mass is 10.0. The number of hydrogen-bond acceptors (Lipinski definition) is 3. The summed E-state index contributed by atoms with van der Waals surface area (Å²) in [5.41, 5.74) is 3.01. The molecule has 0 heterocycles. The molecule has 0 aromatic heterocycles. The Kier molecular flexibility index (Phi) is 8.18. The van der Waals surface area contributed by atoms with Gasteiger partial charge in [0.15, 0.2) is 0 Å². The smallest absolute Gasteiger partial charge is 0.338 e. The van der Waals surface area contributed by atoms with Gasteiger partial charge in [-0.3, -0.25) is 0 Å². The lowest BCUT2D eigenvalue weighted by Crippen LogP contribution is -2.24. The second-order valence-corrected chi connectivity index (χ2v) is 6.20. The molecule has 0 saturated heterocycles. The quantitative estimate of drug-likeness (QED) is 0.634. The van der Waals surface area contributed by atoms with Gasteiger partial charge >= 0.3 is 5.97 Å². The van der Waals surface area contributed by atoms with Crippen molar-refractivity contribution in [3.05, 3.63) is 34.9 Å². The van der Waals surface area contributed by atoms with Gasteiger partial charge in [0.25, 0.3) is 0 Å². The first-order valence-electron chi connectivity index (χ1n) is 8.32. The van der Waals surface area contributed by atoms with Crippen LogP contribution in [0.25, 0.3) is 0 Å². The average Bonchev–Trinajstić information content (AvgIpc) is 2.52. The van der Waals surface area contributed by atoms with Crippen LogP contribution < -0.4 is 0 Å². The van der Waals surface area contributed by atoms with E-state index in [9.17, 15) is 4.79 Å². The van der Waals surface area contributed by atoms with E-state index in [0.29, 0.717) is 18.1 Å². The third-order valence-corrected chi connectivity index (χ3v) is 3.80. The van der Waals surface area contributed by atoms with Gasteiger partial charge in [-0.15, -0.1) is 0 Å². The maximum atomic E-state index is 12.4. The van der Waals surface area contributed by atoms with E-state index < -0.39 is 0 Å². The molecule has 1 rings (SSSR count). The number of hydrogen-bond donors (Lipinski definition) is 0. The second kappa shape index (κ2) is 9.62. The topological polar surface area (TPSA) is 35.5 Å². The minimum absolute atomic E-state index is 0.171. The van der Waals surface area contributed by atoms with E-state index in [4.69, 9.17) is 9.47 Å². The van der Waals surface area contributed by atoms with Crippen molar-refractivity contribution in [3.63, 3.8) is 0 Å². The molecule has 124 valence electrons. The number of carbonyl (C=O) groups excluding carboxylic acids is 1. The Morgan fingerprint density at radius 3 is 2.09 bits per heavy atom. The highest BCUT2D eigenvalue weighted by molar-refractivity contribution is 5.90. The average molecular weight is 306 g/mol. The third-order valence-electron chi connectivity index (χ3n) is 3.80. The van der Waals surface area contributed by atoms with Crippen LogP contribution in [0.5, 0.6) is 0 Å². The summed E-state index contributed by atoms with van der Waals surface area (Å²) in [5, 5.41) is 0. The van der Waals surface area contributed by atoms with Crippen LogP contribution in [0.3, 0.4) is 0 Å². The molecule has 1 unspecified atom stereocenters. The van der Waals surface area contributed by atoms with Crippen LogP contribution in [0.4, 0.5) is 0 Å². The van der Waals surface area contributed by atoms with Gasteiger partial charge in [0.05, 0.1) is 12.2 Å². The molecule has 0 saturated carbocycles. The van der Waals surface area contributed by atoms with Gasteiger partial charge in [-0.05, 0) is 54.9 Å². The third kappa shape index (κ3) is 6.18. The lowest BCUT2D eigenvalue weighted by molar-refractivity contribution is 0.00154. The summed E-state index contributed by atoms with van der Waals surface area (Å²) in [6.07, 6.45) is 3.53. The number of esters is 1. The number of rotatable bonds is 9. The van der Waals surface area contributed by atoms with E-state index in [-0.39, 0.29) is 12.1 Å². The molecule has 1 aromatic carbocycles. The van der Waals surface area contributed by atoms with E-state index in [1.165, 1.54) is 11.1 Å². The maximum Gasteiger partial charge on any atom is 0.338 e. The standard InChI is InChI=1S/C19H30O3/c1-6-15-10-16(7-2)12-17(11-15)19(20)22-18(13-21-5)9-8-14(3)4/h10-12,14,18H,6-9,13H2,1-5H3. The molecule has 0 spiro atoms. The summed E-state index contributed by atoms with van der Waals surface area (Å²) in [7, 11) is 1.64. The molecule has 0 aliphatic carbocycles. The van der Waals surface area contributed by atoms with Crippen molar-refractivity contribution in [1.82, 2.24) is 0 Å². The van der Waals surface area contributed by atoms with Crippen molar-refractivity contribution in [1.29, 1.82) is 0 Å². The minimum atomic E-state index is -0.240. The molecular formula is C19H30O3. The molecule has 1 atom stereocenters. The Hall–Kier alpha value is -1.35. The fourth-order valence-corrected chi connectivity index (χ4v) is 2.39. The number of aryl methyl sites for hydroxylation is 2. The van der Waals surface area contributed by atoms with Crippen LogP contribution in [0.1, 0.15) is 62.0 Å². The zero-order valence-electron chi connectivity index (χ0n) is 14.6. The predicted molar refractivity (Wildman–Crippen MR) is 90.3 cm³/mol. The van der Waals surface area contributed by atoms with Crippen molar-refractivity contribution in [3.8, 4) is 0 Å². The van der Waals surface area contributed by atoms with Gasteiger partial charge in [0.2, 0.25) is 0 Å². The molecule has 0 radical (unpaired) electrons. The maximum absolute atomic E-state index is 12.4. The van der Waals surface area contributed by atoms with E-state index >= 15 is 0 Å². The van der Waals surface area contributed by atoms with Crippen molar-refractivity contribution < 1.29 is 14.3 Å². The highest BCUT2D eigenvalue weighted by atomic mass is 16.6. The summed E-state index contributed by atoms with van der Waals surface area (Å²) in [4.78, 5) is 12.4. The Morgan fingerprint density at radius 2 is 1.64 bits per heavy atom. The molecule has 0 aliphatic rings. The molecule has 0 fully saturated rings. The van der Waals surface area contributed by atoms with Crippen LogP contribution in [0.15, 0.2) is 18.2 Å². The van der Waals surface area contributed by atoms with Crippen LogP contribution in [0.2, 0.25) is 0 Å². The number of carbonyl (C=O) groups is 1. The molecule has 0 N–H and O–H groups in total. The molecule has 0 amide bonds. The normalized spacial score (nSPS) is 12.5. The zero-order chi connectivity index (χ0) is 16.5. The highest BCUT2D eigenvalue weighted by Gasteiger charge is 2.17. The summed E-state index contributed by atoms with van der Waals surface area (Å²) < 4.78 is 10.8. The molecule has 0 aliphatic heterocycles. The monoisotopic (exact) mass is 306 g/mol. The van der Waals surface area contributed by atoms with Gasteiger partial charge in [0.1, 0.15) is 6.10 Å². The summed E-state index contributed by atoms with van der Waals surface area (Å²) >= 11 is 0. The molecule has 22 heavy (non-hydrogen) atoms. The van der Waals surface area contributed by atoms with E-state index in [1.807, 2.05) is 12.1 Å². The Labute approximate surface area is 135 Å². The number of methoxy groups -OCH3 is 1. The molecule has 3 nitrogen and oxygen atoms in total. The molecule has 3 heteroatoms. The van der Waals surface area contributed by atoms with Crippen LogP contribution in [-0.2, 0) is 22.3 Å². The largest absolute Gasteiger partial charge is 0.456 e. The molecular weight excluding hydrogens is 276 g/mol. The van der Waals surface area contributed by atoms with Crippen LogP contribution >= 0.6 is 0 Å². The fraction of sp³-hybridized carbons (Fsp3) is 0.632. The second-order valence-electron chi connectivity index (χ2n) is 6.20. The van der Waals surface area contributed by atoms with Crippen molar-refractivity contribution in [2.75, 3.05) is 13.7 Å². The number of benzene rings is 1. The van der Waals surface area contributed by atoms with Gasteiger partial charge in [-0.2, -0.15) is 0 Å².